The Morgan fingerprint density at radius 1 is 1.27 bits per heavy atom. The van der Waals surface area contributed by atoms with Crippen LogP contribution in [0.25, 0.3) is 0 Å². The zero-order valence-corrected chi connectivity index (χ0v) is 14.4. The molecule has 3 atom stereocenters. The second-order valence-electron chi connectivity index (χ2n) is 6.92. The molecule has 1 aromatic carbocycles. The fraction of sp³-hybridized carbons (Fsp3) is 0.632. The largest absolute Gasteiger partial charge is 0.342 e. The van der Waals surface area contributed by atoms with Crippen molar-refractivity contribution in [2.45, 2.75) is 52.0 Å². The van der Waals surface area contributed by atoms with Crippen LogP contribution in [0.15, 0.2) is 30.3 Å². The molecule has 0 aromatic heterocycles. The van der Waals surface area contributed by atoms with Gasteiger partial charge in [-0.3, -0.25) is 4.79 Å². The summed E-state index contributed by atoms with van der Waals surface area (Å²) in [5.41, 5.74) is 7.19. The molecule has 2 N–H and O–H groups in total. The number of nitrogens with zero attached hydrogens (tertiary/aromatic N) is 1. The third kappa shape index (κ3) is 3.05. The number of carbonyl (C=O) groups is 1. The summed E-state index contributed by atoms with van der Waals surface area (Å²) >= 11 is 0. The van der Waals surface area contributed by atoms with Crippen LogP contribution in [0.4, 0.5) is 0 Å². The van der Waals surface area contributed by atoms with Crippen molar-refractivity contribution >= 4 is 5.91 Å². The Balaban J connectivity index is 2.31. The van der Waals surface area contributed by atoms with E-state index >= 15 is 0 Å². The fourth-order valence-electron chi connectivity index (χ4n) is 3.74. The number of amides is 1. The first-order chi connectivity index (χ1) is 10.5. The molecule has 0 heterocycles. The number of carbonyl (C=O) groups excluding carboxylic acids is 1. The van der Waals surface area contributed by atoms with Crippen molar-refractivity contribution in [3.63, 3.8) is 0 Å². The van der Waals surface area contributed by atoms with Crippen LogP contribution in [0.2, 0.25) is 0 Å². The first-order valence-corrected chi connectivity index (χ1v) is 8.57. The van der Waals surface area contributed by atoms with Crippen LogP contribution in [0.5, 0.6) is 0 Å². The zero-order chi connectivity index (χ0) is 16.3. The molecule has 22 heavy (non-hydrogen) atoms. The number of hydrogen-bond donors (Lipinski definition) is 1. The molecule has 1 amide bonds. The third-order valence-electron chi connectivity index (χ3n) is 5.00. The monoisotopic (exact) mass is 302 g/mol. The van der Waals surface area contributed by atoms with Gasteiger partial charge in [0.1, 0.15) is 0 Å². The SMILES string of the molecule is CCN(CC)C(=O)[C@@]1(c2ccccc2)C[C@H]1[C@@H](N)CC(C)C. The molecule has 2 rings (SSSR count). The van der Waals surface area contributed by atoms with Gasteiger partial charge in [0.15, 0.2) is 0 Å². The van der Waals surface area contributed by atoms with Crippen LogP contribution in [-0.2, 0) is 10.2 Å². The van der Waals surface area contributed by atoms with Gasteiger partial charge in [0.25, 0.3) is 0 Å². The minimum absolute atomic E-state index is 0.0970. The molecular weight excluding hydrogens is 272 g/mol. The molecule has 1 fully saturated rings. The number of rotatable bonds is 7. The van der Waals surface area contributed by atoms with Crippen molar-refractivity contribution in [2.75, 3.05) is 13.1 Å². The van der Waals surface area contributed by atoms with Gasteiger partial charge in [0.2, 0.25) is 5.91 Å². The van der Waals surface area contributed by atoms with Crippen LogP contribution in [0.1, 0.15) is 46.1 Å². The van der Waals surface area contributed by atoms with Gasteiger partial charge >= 0.3 is 0 Å². The van der Waals surface area contributed by atoms with Crippen LogP contribution in [-0.4, -0.2) is 29.9 Å². The van der Waals surface area contributed by atoms with Gasteiger partial charge in [-0.2, -0.15) is 0 Å². The Labute approximate surface area is 134 Å². The molecule has 0 radical (unpaired) electrons. The third-order valence-corrected chi connectivity index (χ3v) is 5.00. The standard InChI is InChI=1S/C19H30N2O/c1-5-21(6-2)18(22)19(15-10-8-7-9-11-15)13-16(19)17(20)12-14(3)4/h7-11,14,16-17H,5-6,12-13,20H2,1-4H3/t16-,17-,19+/m0/s1. The maximum atomic E-state index is 13.2. The Morgan fingerprint density at radius 3 is 2.36 bits per heavy atom. The predicted octanol–water partition coefficient (Wildman–Crippen LogP) is 3.19. The summed E-state index contributed by atoms with van der Waals surface area (Å²) in [5.74, 6) is 1.09. The van der Waals surface area contributed by atoms with E-state index < -0.39 is 0 Å². The van der Waals surface area contributed by atoms with Gasteiger partial charge in [0.05, 0.1) is 5.41 Å². The normalized spacial score (nSPS) is 25.1. The second kappa shape index (κ2) is 6.82. The van der Waals surface area contributed by atoms with E-state index in [1.807, 2.05) is 36.9 Å². The van der Waals surface area contributed by atoms with Gasteiger partial charge < -0.3 is 10.6 Å². The lowest BCUT2D eigenvalue weighted by Gasteiger charge is -2.28. The van der Waals surface area contributed by atoms with Crippen molar-refractivity contribution in [2.24, 2.45) is 17.6 Å². The summed E-state index contributed by atoms with van der Waals surface area (Å²) < 4.78 is 0. The summed E-state index contributed by atoms with van der Waals surface area (Å²) in [4.78, 5) is 15.1. The summed E-state index contributed by atoms with van der Waals surface area (Å²) in [5, 5.41) is 0. The van der Waals surface area contributed by atoms with Crippen molar-refractivity contribution in [1.82, 2.24) is 4.90 Å². The van der Waals surface area contributed by atoms with Gasteiger partial charge in [-0.15, -0.1) is 0 Å². The Morgan fingerprint density at radius 2 is 1.86 bits per heavy atom. The van der Waals surface area contributed by atoms with Crippen LogP contribution < -0.4 is 5.73 Å². The first-order valence-electron chi connectivity index (χ1n) is 8.57. The minimum atomic E-state index is -0.387. The highest BCUT2D eigenvalue weighted by atomic mass is 16.2. The van der Waals surface area contributed by atoms with Crippen molar-refractivity contribution in [1.29, 1.82) is 0 Å². The smallest absolute Gasteiger partial charge is 0.233 e. The van der Waals surface area contributed by atoms with Gasteiger partial charge in [-0.25, -0.2) is 0 Å². The van der Waals surface area contributed by atoms with Gasteiger partial charge in [-0.1, -0.05) is 44.2 Å². The average molecular weight is 302 g/mol. The molecule has 0 aliphatic heterocycles. The molecule has 122 valence electrons. The topological polar surface area (TPSA) is 46.3 Å². The summed E-state index contributed by atoms with van der Waals surface area (Å²) in [7, 11) is 0. The van der Waals surface area contributed by atoms with Gasteiger partial charge in [0, 0.05) is 19.1 Å². The summed E-state index contributed by atoms with van der Waals surface area (Å²) in [6.07, 6.45) is 1.87. The molecule has 1 aliphatic carbocycles. The van der Waals surface area contributed by atoms with E-state index in [0.29, 0.717) is 5.92 Å². The second-order valence-corrected chi connectivity index (χ2v) is 6.92. The summed E-state index contributed by atoms with van der Waals surface area (Å²) in [6.45, 7) is 10.0. The molecule has 1 aromatic rings. The molecule has 0 spiro atoms. The Hall–Kier alpha value is -1.35. The lowest BCUT2D eigenvalue weighted by atomic mass is 9.87. The van der Waals surface area contributed by atoms with E-state index in [2.05, 4.69) is 26.0 Å². The Kier molecular flexibility index (Phi) is 5.28. The maximum absolute atomic E-state index is 13.2. The van der Waals surface area contributed by atoms with E-state index in [9.17, 15) is 4.79 Å². The number of nitrogens with two attached hydrogens (primary N) is 1. The van der Waals surface area contributed by atoms with E-state index in [-0.39, 0.29) is 23.3 Å². The van der Waals surface area contributed by atoms with E-state index in [1.165, 1.54) is 0 Å². The van der Waals surface area contributed by atoms with Crippen molar-refractivity contribution < 1.29 is 4.79 Å². The molecule has 3 heteroatoms. The average Bonchev–Trinajstić information content (AvgIpc) is 3.25. The highest BCUT2D eigenvalue weighted by Gasteiger charge is 2.63. The highest BCUT2D eigenvalue weighted by molar-refractivity contribution is 5.92. The number of hydrogen-bond acceptors (Lipinski definition) is 2. The first kappa shape index (κ1) is 17.0. The molecule has 1 aliphatic rings. The molecule has 0 saturated heterocycles. The lowest BCUT2D eigenvalue weighted by molar-refractivity contribution is -0.134. The molecule has 1 saturated carbocycles. The zero-order valence-electron chi connectivity index (χ0n) is 14.4. The minimum Gasteiger partial charge on any atom is -0.342 e. The molecule has 0 unspecified atom stereocenters. The van der Waals surface area contributed by atoms with Crippen molar-refractivity contribution in [3.05, 3.63) is 35.9 Å². The number of benzene rings is 1. The van der Waals surface area contributed by atoms with E-state index in [1.54, 1.807) is 0 Å². The predicted molar refractivity (Wildman–Crippen MR) is 91.6 cm³/mol. The molecular formula is C19H30N2O. The van der Waals surface area contributed by atoms with E-state index in [0.717, 1.165) is 31.5 Å². The number of likely N-dealkylation sites (N-methyl/N-ethyl adjacent to an activating group) is 1. The van der Waals surface area contributed by atoms with Crippen LogP contribution in [0.3, 0.4) is 0 Å². The van der Waals surface area contributed by atoms with Crippen molar-refractivity contribution in [3.8, 4) is 0 Å². The van der Waals surface area contributed by atoms with Crippen LogP contribution in [0, 0.1) is 11.8 Å². The maximum Gasteiger partial charge on any atom is 0.233 e. The quantitative estimate of drug-likeness (QED) is 0.841. The summed E-state index contributed by atoms with van der Waals surface area (Å²) in [6, 6.07) is 10.3. The van der Waals surface area contributed by atoms with E-state index in [4.69, 9.17) is 5.73 Å². The molecule has 3 nitrogen and oxygen atoms in total. The molecule has 0 bridgehead atoms. The van der Waals surface area contributed by atoms with Gasteiger partial charge in [-0.05, 0) is 44.1 Å². The Bertz CT molecular complexity index is 495. The lowest BCUT2D eigenvalue weighted by Crippen LogP contribution is -2.42. The van der Waals surface area contributed by atoms with Crippen LogP contribution >= 0.6 is 0 Å². The fourth-order valence-corrected chi connectivity index (χ4v) is 3.74. The highest BCUT2D eigenvalue weighted by Crippen LogP contribution is 2.57.